The van der Waals surface area contributed by atoms with Crippen molar-refractivity contribution in [3.05, 3.63) is 23.8 Å². The number of benzene rings is 1. The molecule has 1 heterocycles. The zero-order valence-corrected chi connectivity index (χ0v) is 11.7. The van der Waals surface area contributed by atoms with Crippen molar-refractivity contribution in [2.75, 3.05) is 30.3 Å². The van der Waals surface area contributed by atoms with Crippen molar-refractivity contribution in [2.45, 2.75) is 13.8 Å². The van der Waals surface area contributed by atoms with E-state index in [-0.39, 0.29) is 12.5 Å². The summed E-state index contributed by atoms with van der Waals surface area (Å²) in [6, 6.07) is 5.43. The standard InChI is InChI=1S/C14H20N4O2/c1-14(2,13(15)20)8-18-12(19)9-3-4-10-11(7-9)17-6-5-16-10/h3-4,7,16-17H,5-6,8H2,1-2H3,(H2,15,20)(H,18,19). The van der Waals surface area contributed by atoms with Crippen LogP contribution in [0.4, 0.5) is 11.4 Å². The minimum atomic E-state index is -0.760. The van der Waals surface area contributed by atoms with Gasteiger partial charge in [-0.25, -0.2) is 0 Å². The van der Waals surface area contributed by atoms with Gasteiger partial charge in [0.25, 0.3) is 5.91 Å². The molecule has 0 atom stereocenters. The second-order valence-electron chi connectivity index (χ2n) is 5.54. The minimum Gasteiger partial charge on any atom is -0.382 e. The molecule has 6 heteroatoms. The van der Waals surface area contributed by atoms with E-state index in [1.54, 1.807) is 26.0 Å². The topological polar surface area (TPSA) is 96.2 Å². The lowest BCUT2D eigenvalue weighted by Gasteiger charge is -2.22. The van der Waals surface area contributed by atoms with E-state index in [1.807, 2.05) is 6.07 Å². The summed E-state index contributed by atoms with van der Waals surface area (Å²) in [5.41, 5.74) is 6.98. The Morgan fingerprint density at radius 1 is 1.25 bits per heavy atom. The zero-order valence-electron chi connectivity index (χ0n) is 11.7. The second-order valence-corrected chi connectivity index (χ2v) is 5.54. The Kier molecular flexibility index (Phi) is 3.83. The Morgan fingerprint density at radius 2 is 1.90 bits per heavy atom. The van der Waals surface area contributed by atoms with Gasteiger partial charge >= 0.3 is 0 Å². The van der Waals surface area contributed by atoms with E-state index >= 15 is 0 Å². The molecule has 1 aromatic rings. The van der Waals surface area contributed by atoms with Crippen molar-refractivity contribution in [3.63, 3.8) is 0 Å². The first kappa shape index (κ1) is 14.2. The van der Waals surface area contributed by atoms with Gasteiger partial charge in [-0.2, -0.15) is 0 Å². The lowest BCUT2D eigenvalue weighted by atomic mass is 9.92. The fourth-order valence-electron chi connectivity index (χ4n) is 1.87. The molecule has 0 bridgehead atoms. The first-order valence-corrected chi connectivity index (χ1v) is 6.60. The minimum absolute atomic E-state index is 0.212. The molecule has 0 spiro atoms. The molecule has 2 amide bonds. The van der Waals surface area contributed by atoms with Gasteiger partial charge in [0.2, 0.25) is 5.91 Å². The molecule has 20 heavy (non-hydrogen) atoms. The maximum Gasteiger partial charge on any atom is 0.251 e. The summed E-state index contributed by atoms with van der Waals surface area (Å²) >= 11 is 0. The van der Waals surface area contributed by atoms with E-state index in [0.29, 0.717) is 5.56 Å². The Bertz CT molecular complexity index is 540. The van der Waals surface area contributed by atoms with E-state index in [0.717, 1.165) is 24.5 Å². The highest BCUT2D eigenvalue weighted by atomic mass is 16.2. The quantitative estimate of drug-likeness (QED) is 0.653. The van der Waals surface area contributed by atoms with Gasteiger partial charge in [0, 0.05) is 25.2 Å². The molecule has 1 aliphatic rings. The van der Waals surface area contributed by atoms with Gasteiger partial charge in [0.15, 0.2) is 0 Å². The number of carbonyl (C=O) groups excluding carboxylic acids is 2. The fourth-order valence-corrected chi connectivity index (χ4v) is 1.87. The van der Waals surface area contributed by atoms with Crippen LogP contribution >= 0.6 is 0 Å². The third-order valence-corrected chi connectivity index (χ3v) is 3.40. The third-order valence-electron chi connectivity index (χ3n) is 3.40. The number of nitrogens with one attached hydrogen (secondary N) is 3. The molecule has 2 rings (SSSR count). The van der Waals surface area contributed by atoms with E-state index < -0.39 is 11.3 Å². The number of hydrogen-bond acceptors (Lipinski definition) is 4. The molecule has 0 saturated carbocycles. The van der Waals surface area contributed by atoms with E-state index in [4.69, 9.17) is 5.73 Å². The number of nitrogens with two attached hydrogens (primary N) is 1. The third kappa shape index (κ3) is 3.01. The highest BCUT2D eigenvalue weighted by Gasteiger charge is 2.25. The van der Waals surface area contributed by atoms with Crippen LogP contribution in [0.5, 0.6) is 0 Å². The molecule has 0 unspecified atom stereocenters. The van der Waals surface area contributed by atoms with Gasteiger partial charge in [-0.3, -0.25) is 9.59 Å². The van der Waals surface area contributed by atoms with E-state index in [2.05, 4.69) is 16.0 Å². The fraction of sp³-hybridized carbons (Fsp3) is 0.429. The summed E-state index contributed by atoms with van der Waals surface area (Å²) in [6.07, 6.45) is 0. The lowest BCUT2D eigenvalue weighted by molar-refractivity contribution is -0.125. The molecule has 0 radical (unpaired) electrons. The first-order valence-electron chi connectivity index (χ1n) is 6.60. The van der Waals surface area contributed by atoms with Gasteiger partial charge in [0.05, 0.1) is 16.8 Å². The number of amides is 2. The average Bonchev–Trinajstić information content (AvgIpc) is 2.44. The normalized spacial score (nSPS) is 13.7. The smallest absolute Gasteiger partial charge is 0.251 e. The molecular weight excluding hydrogens is 256 g/mol. The van der Waals surface area contributed by atoms with E-state index in [9.17, 15) is 9.59 Å². The van der Waals surface area contributed by atoms with Gasteiger partial charge < -0.3 is 21.7 Å². The van der Waals surface area contributed by atoms with Gasteiger partial charge in [-0.05, 0) is 32.0 Å². The zero-order chi connectivity index (χ0) is 14.8. The number of rotatable bonds is 4. The molecule has 1 aliphatic heterocycles. The average molecular weight is 276 g/mol. The summed E-state index contributed by atoms with van der Waals surface area (Å²) in [7, 11) is 0. The number of anilines is 2. The monoisotopic (exact) mass is 276 g/mol. The van der Waals surface area contributed by atoms with Crippen molar-refractivity contribution in [1.29, 1.82) is 0 Å². The molecule has 0 saturated heterocycles. The van der Waals surface area contributed by atoms with E-state index in [1.165, 1.54) is 0 Å². The van der Waals surface area contributed by atoms with Crippen molar-refractivity contribution in [2.24, 2.45) is 11.1 Å². The van der Waals surface area contributed by atoms with Crippen LogP contribution in [-0.4, -0.2) is 31.4 Å². The van der Waals surface area contributed by atoms with Crippen LogP contribution in [0.2, 0.25) is 0 Å². The van der Waals surface area contributed by atoms with Crippen LogP contribution in [0.3, 0.4) is 0 Å². The summed E-state index contributed by atoms with van der Waals surface area (Å²) in [5.74, 6) is -0.649. The van der Waals surface area contributed by atoms with Gasteiger partial charge in [0.1, 0.15) is 0 Å². The number of primary amides is 1. The molecule has 6 nitrogen and oxygen atoms in total. The van der Waals surface area contributed by atoms with Crippen LogP contribution in [0, 0.1) is 5.41 Å². The summed E-state index contributed by atoms with van der Waals surface area (Å²) in [6.45, 7) is 5.31. The van der Waals surface area contributed by atoms with Crippen molar-refractivity contribution >= 4 is 23.2 Å². The Morgan fingerprint density at radius 3 is 2.55 bits per heavy atom. The Balaban J connectivity index is 2.04. The van der Waals surface area contributed by atoms with Crippen LogP contribution in [-0.2, 0) is 4.79 Å². The van der Waals surface area contributed by atoms with Crippen molar-refractivity contribution < 1.29 is 9.59 Å². The van der Waals surface area contributed by atoms with Crippen LogP contribution in [0.15, 0.2) is 18.2 Å². The summed E-state index contributed by atoms with van der Waals surface area (Å²) < 4.78 is 0. The number of hydrogen-bond donors (Lipinski definition) is 4. The predicted octanol–water partition coefficient (Wildman–Crippen LogP) is 0.765. The SMILES string of the molecule is CC(C)(CNC(=O)c1ccc2c(c1)NCCN2)C(N)=O. The van der Waals surface area contributed by atoms with Crippen molar-refractivity contribution in [3.8, 4) is 0 Å². The highest BCUT2D eigenvalue weighted by Crippen LogP contribution is 2.25. The van der Waals surface area contributed by atoms with Gasteiger partial charge in [-0.1, -0.05) is 0 Å². The Labute approximate surface area is 118 Å². The predicted molar refractivity (Wildman–Crippen MR) is 78.7 cm³/mol. The summed E-state index contributed by atoms with van der Waals surface area (Å²) in [5, 5.41) is 9.22. The van der Waals surface area contributed by atoms with Crippen LogP contribution in [0.25, 0.3) is 0 Å². The number of fused-ring (bicyclic) bond motifs is 1. The highest BCUT2D eigenvalue weighted by molar-refractivity contribution is 5.96. The first-order chi connectivity index (χ1) is 9.40. The second kappa shape index (κ2) is 5.40. The molecule has 0 aliphatic carbocycles. The molecule has 1 aromatic carbocycles. The summed E-state index contributed by atoms with van der Waals surface area (Å²) in [4.78, 5) is 23.3. The Hall–Kier alpha value is -2.24. The van der Waals surface area contributed by atoms with Gasteiger partial charge in [-0.15, -0.1) is 0 Å². The maximum atomic E-state index is 12.1. The molecule has 108 valence electrons. The lowest BCUT2D eigenvalue weighted by Crippen LogP contribution is -2.42. The largest absolute Gasteiger partial charge is 0.382 e. The molecular formula is C14H20N4O2. The van der Waals surface area contributed by atoms with Crippen molar-refractivity contribution in [1.82, 2.24) is 5.32 Å². The van der Waals surface area contributed by atoms with Crippen LogP contribution in [0.1, 0.15) is 24.2 Å². The molecule has 0 aromatic heterocycles. The maximum absolute atomic E-state index is 12.1. The molecule has 0 fully saturated rings. The molecule has 5 N–H and O–H groups in total. The number of carbonyl (C=O) groups is 2. The van der Waals surface area contributed by atoms with Crippen LogP contribution < -0.4 is 21.7 Å².